The Morgan fingerprint density at radius 1 is 1.23 bits per heavy atom. The molecule has 1 rings (SSSR count). The van der Waals surface area contributed by atoms with Crippen LogP contribution < -0.4 is 10.6 Å². The molecule has 0 unspecified atom stereocenters. The molecule has 2 N–H and O–H groups in total. The molecule has 1 aliphatic heterocycles. The van der Waals surface area contributed by atoms with Crippen molar-refractivity contribution >= 4 is 11.9 Å². The number of nitrogens with zero attached hydrogens (tertiary/aromatic N) is 2. The summed E-state index contributed by atoms with van der Waals surface area (Å²) >= 11 is 0. The Hall–Kier alpha value is -1.34. The van der Waals surface area contributed by atoms with Crippen molar-refractivity contribution in [2.24, 2.45) is 4.99 Å². The van der Waals surface area contributed by atoms with Gasteiger partial charge in [-0.05, 0) is 13.3 Å². The first-order valence-corrected chi connectivity index (χ1v) is 7.97. The lowest BCUT2D eigenvalue weighted by atomic mass is 10.2. The van der Waals surface area contributed by atoms with Gasteiger partial charge in [0.05, 0.1) is 13.2 Å². The van der Waals surface area contributed by atoms with E-state index in [4.69, 9.17) is 9.47 Å². The Kier molecular flexibility index (Phi) is 8.19. The summed E-state index contributed by atoms with van der Waals surface area (Å²) in [6, 6.07) is 0. The molecule has 0 radical (unpaired) electrons. The lowest BCUT2D eigenvalue weighted by Gasteiger charge is -2.23. The molecule has 0 atom stereocenters. The number of hydrogen-bond donors (Lipinski definition) is 2. The van der Waals surface area contributed by atoms with Crippen LogP contribution in [0.4, 0.5) is 0 Å². The minimum atomic E-state index is -0.513. The van der Waals surface area contributed by atoms with Crippen molar-refractivity contribution in [1.82, 2.24) is 15.5 Å². The molecule has 7 nitrogen and oxygen atoms in total. The molecule has 1 amide bonds. The van der Waals surface area contributed by atoms with Crippen molar-refractivity contribution in [1.29, 1.82) is 0 Å². The zero-order chi connectivity index (χ0) is 16.4. The highest BCUT2D eigenvalue weighted by Gasteiger charge is 2.30. The Balaban J connectivity index is 2.42. The van der Waals surface area contributed by atoms with Crippen LogP contribution in [0.15, 0.2) is 4.99 Å². The van der Waals surface area contributed by atoms with Gasteiger partial charge in [-0.15, -0.1) is 0 Å². The molecule has 0 aromatic carbocycles. The summed E-state index contributed by atoms with van der Waals surface area (Å²) in [5, 5.41) is 6.47. The lowest BCUT2D eigenvalue weighted by Crippen LogP contribution is -2.41. The first-order chi connectivity index (χ1) is 10.5. The summed E-state index contributed by atoms with van der Waals surface area (Å²) < 4.78 is 11.1. The van der Waals surface area contributed by atoms with Gasteiger partial charge in [-0.1, -0.05) is 13.3 Å². The van der Waals surface area contributed by atoms with Gasteiger partial charge in [-0.25, -0.2) is 4.99 Å². The maximum absolute atomic E-state index is 11.6. The van der Waals surface area contributed by atoms with Gasteiger partial charge < -0.3 is 25.0 Å². The van der Waals surface area contributed by atoms with E-state index >= 15 is 0 Å². The van der Waals surface area contributed by atoms with E-state index in [1.54, 1.807) is 14.1 Å². The van der Waals surface area contributed by atoms with Gasteiger partial charge in [0.1, 0.15) is 6.54 Å². The molecule has 0 aromatic heterocycles. The minimum Gasteiger partial charge on any atom is -0.356 e. The normalized spacial score (nSPS) is 17.4. The van der Waals surface area contributed by atoms with Crippen LogP contribution in [0.1, 0.15) is 33.1 Å². The van der Waals surface area contributed by atoms with Crippen molar-refractivity contribution in [3.63, 3.8) is 0 Å². The SMILES string of the molecule is CCCCNC(=NCC(=O)N(C)C)NCCC1(C)OCCO1. The average molecular weight is 314 g/mol. The van der Waals surface area contributed by atoms with Crippen LogP contribution in [0, 0.1) is 0 Å². The molecule has 1 saturated heterocycles. The van der Waals surface area contributed by atoms with Crippen LogP contribution in [0.5, 0.6) is 0 Å². The standard InChI is InChI=1S/C15H30N4O3/c1-5-6-8-16-14(18-12-13(20)19(3)4)17-9-7-15(2)21-10-11-22-15/h5-12H2,1-4H3,(H2,16,17,18). The number of carbonyl (C=O) groups is 1. The highest BCUT2D eigenvalue weighted by Crippen LogP contribution is 2.21. The van der Waals surface area contributed by atoms with Crippen LogP contribution in [0.2, 0.25) is 0 Å². The fourth-order valence-corrected chi connectivity index (χ4v) is 1.96. The van der Waals surface area contributed by atoms with Crippen LogP contribution in [0.3, 0.4) is 0 Å². The molecule has 128 valence electrons. The Bertz CT molecular complexity index is 366. The number of hydrogen-bond acceptors (Lipinski definition) is 4. The van der Waals surface area contributed by atoms with Gasteiger partial charge in [0.25, 0.3) is 0 Å². The van der Waals surface area contributed by atoms with E-state index in [0.717, 1.165) is 25.8 Å². The zero-order valence-electron chi connectivity index (χ0n) is 14.3. The predicted molar refractivity (Wildman–Crippen MR) is 86.8 cm³/mol. The average Bonchev–Trinajstić information content (AvgIpc) is 2.90. The van der Waals surface area contributed by atoms with E-state index in [2.05, 4.69) is 22.5 Å². The summed E-state index contributed by atoms with van der Waals surface area (Å²) in [6.45, 7) is 7.01. The Labute approximate surface area is 133 Å². The summed E-state index contributed by atoms with van der Waals surface area (Å²) in [6.07, 6.45) is 2.89. The fraction of sp³-hybridized carbons (Fsp3) is 0.867. The van der Waals surface area contributed by atoms with Crippen LogP contribution >= 0.6 is 0 Å². The maximum Gasteiger partial charge on any atom is 0.243 e. The van der Waals surface area contributed by atoms with E-state index < -0.39 is 5.79 Å². The molecule has 22 heavy (non-hydrogen) atoms. The molecular formula is C15H30N4O3. The number of nitrogens with one attached hydrogen (secondary N) is 2. The number of amides is 1. The van der Waals surface area contributed by atoms with Crippen LogP contribution in [0.25, 0.3) is 0 Å². The quantitative estimate of drug-likeness (QED) is 0.389. The number of unbranched alkanes of at least 4 members (excludes halogenated alkanes) is 1. The third-order valence-electron chi connectivity index (χ3n) is 3.46. The van der Waals surface area contributed by atoms with Gasteiger partial charge in [0.2, 0.25) is 5.91 Å². The smallest absolute Gasteiger partial charge is 0.243 e. The Morgan fingerprint density at radius 2 is 1.86 bits per heavy atom. The van der Waals surface area contributed by atoms with Crippen molar-refractivity contribution < 1.29 is 14.3 Å². The zero-order valence-corrected chi connectivity index (χ0v) is 14.3. The number of carbonyl (C=O) groups excluding carboxylic acids is 1. The first kappa shape index (κ1) is 18.7. The van der Waals surface area contributed by atoms with E-state index in [1.807, 2.05) is 6.92 Å². The third-order valence-corrected chi connectivity index (χ3v) is 3.46. The molecule has 0 bridgehead atoms. The van der Waals surface area contributed by atoms with E-state index in [-0.39, 0.29) is 12.5 Å². The van der Waals surface area contributed by atoms with E-state index in [9.17, 15) is 4.79 Å². The lowest BCUT2D eigenvalue weighted by molar-refractivity contribution is -0.145. The summed E-state index contributed by atoms with van der Waals surface area (Å²) in [7, 11) is 3.45. The number of aliphatic imine (C=N–C) groups is 1. The second-order valence-electron chi connectivity index (χ2n) is 5.74. The third kappa shape index (κ3) is 7.09. The molecule has 0 spiro atoms. The van der Waals surface area contributed by atoms with Gasteiger partial charge in [0.15, 0.2) is 11.7 Å². The molecule has 1 aliphatic rings. The number of ether oxygens (including phenoxy) is 2. The summed E-state index contributed by atoms with van der Waals surface area (Å²) in [4.78, 5) is 17.5. The monoisotopic (exact) mass is 314 g/mol. The van der Waals surface area contributed by atoms with E-state index in [1.165, 1.54) is 4.90 Å². The molecule has 1 fully saturated rings. The Morgan fingerprint density at radius 3 is 2.45 bits per heavy atom. The number of guanidine groups is 1. The van der Waals surface area contributed by atoms with Crippen molar-refractivity contribution in [3.05, 3.63) is 0 Å². The van der Waals surface area contributed by atoms with Gasteiger partial charge in [0, 0.05) is 33.6 Å². The molecule has 0 aromatic rings. The second-order valence-corrected chi connectivity index (χ2v) is 5.74. The number of rotatable bonds is 8. The fourth-order valence-electron chi connectivity index (χ4n) is 1.96. The molecular weight excluding hydrogens is 284 g/mol. The second kappa shape index (κ2) is 9.63. The van der Waals surface area contributed by atoms with Gasteiger partial charge in [-0.2, -0.15) is 0 Å². The van der Waals surface area contributed by atoms with E-state index in [0.29, 0.717) is 25.7 Å². The summed E-state index contributed by atoms with van der Waals surface area (Å²) in [5.41, 5.74) is 0. The largest absolute Gasteiger partial charge is 0.356 e. The molecule has 7 heteroatoms. The molecule has 0 saturated carbocycles. The van der Waals surface area contributed by atoms with Gasteiger partial charge >= 0.3 is 0 Å². The maximum atomic E-state index is 11.6. The number of likely N-dealkylation sites (N-methyl/N-ethyl adjacent to an activating group) is 1. The highest BCUT2D eigenvalue weighted by atomic mass is 16.7. The minimum absolute atomic E-state index is 0.0222. The molecule has 0 aliphatic carbocycles. The van der Waals surface area contributed by atoms with Crippen molar-refractivity contribution in [2.45, 2.75) is 38.9 Å². The summed E-state index contributed by atoms with van der Waals surface area (Å²) in [5.74, 6) is 0.123. The van der Waals surface area contributed by atoms with Crippen molar-refractivity contribution in [2.75, 3.05) is 46.9 Å². The van der Waals surface area contributed by atoms with Gasteiger partial charge in [-0.3, -0.25) is 4.79 Å². The van der Waals surface area contributed by atoms with Crippen LogP contribution in [-0.4, -0.2) is 69.5 Å². The predicted octanol–water partition coefficient (Wildman–Crippen LogP) is 0.563. The first-order valence-electron chi connectivity index (χ1n) is 7.97. The molecule has 1 heterocycles. The topological polar surface area (TPSA) is 75.2 Å². The van der Waals surface area contributed by atoms with Crippen LogP contribution in [-0.2, 0) is 14.3 Å². The highest BCUT2D eigenvalue weighted by molar-refractivity contribution is 5.84. The van der Waals surface area contributed by atoms with Crippen molar-refractivity contribution in [3.8, 4) is 0 Å².